The number of anilines is 1. The Balaban J connectivity index is 1.94. The lowest BCUT2D eigenvalue weighted by Crippen LogP contribution is -2.34. The van der Waals surface area contributed by atoms with Gasteiger partial charge in [-0.05, 0) is 18.6 Å². The molecule has 1 unspecified atom stereocenters. The zero-order chi connectivity index (χ0) is 10.7. The van der Waals surface area contributed by atoms with E-state index in [9.17, 15) is 4.79 Å². The highest BCUT2D eigenvalue weighted by Gasteiger charge is 2.19. The van der Waals surface area contributed by atoms with Crippen LogP contribution in [0.15, 0.2) is 12.1 Å². The highest BCUT2D eigenvalue weighted by Crippen LogP contribution is 2.21. The Morgan fingerprint density at radius 1 is 1.60 bits per heavy atom. The second-order valence-electron chi connectivity index (χ2n) is 3.45. The van der Waals surface area contributed by atoms with Crippen molar-refractivity contribution in [2.75, 3.05) is 25.6 Å². The Kier molecular flexibility index (Phi) is 3.23. The van der Waals surface area contributed by atoms with Gasteiger partial charge in [-0.15, -0.1) is 11.3 Å². The molecule has 1 amide bonds. The van der Waals surface area contributed by atoms with Gasteiger partial charge in [0.1, 0.15) is 0 Å². The monoisotopic (exact) mass is 226 g/mol. The van der Waals surface area contributed by atoms with Crippen molar-refractivity contribution in [3.8, 4) is 0 Å². The van der Waals surface area contributed by atoms with Crippen molar-refractivity contribution >= 4 is 22.2 Å². The van der Waals surface area contributed by atoms with Gasteiger partial charge in [-0.2, -0.15) is 0 Å². The molecule has 1 atom stereocenters. The van der Waals surface area contributed by atoms with E-state index in [1.807, 2.05) is 19.2 Å². The van der Waals surface area contributed by atoms with E-state index in [4.69, 9.17) is 4.74 Å². The molecule has 1 aliphatic rings. The lowest BCUT2D eigenvalue weighted by atomic mass is 10.2. The average Bonchev–Trinajstić information content (AvgIpc) is 2.86. The highest BCUT2D eigenvalue weighted by atomic mass is 32.1. The van der Waals surface area contributed by atoms with Crippen molar-refractivity contribution in [3.05, 3.63) is 17.0 Å². The minimum atomic E-state index is -0.00278. The van der Waals surface area contributed by atoms with E-state index in [-0.39, 0.29) is 11.9 Å². The van der Waals surface area contributed by atoms with Crippen LogP contribution in [0.2, 0.25) is 0 Å². The van der Waals surface area contributed by atoms with Crippen LogP contribution >= 0.6 is 11.3 Å². The first-order valence-corrected chi connectivity index (χ1v) is 5.77. The average molecular weight is 226 g/mol. The summed E-state index contributed by atoms with van der Waals surface area (Å²) in [7, 11) is 1.85. The van der Waals surface area contributed by atoms with Gasteiger partial charge in [0, 0.05) is 13.7 Å². The van der Waals surface area contributed by atoms with Crippen LogP contribution in [0.25, 0.3) is 0 Å². The number of hydrogen-bond donors (Lipinski definition) is 2. The number of thiophene rings is 1. The molecule has 2 rings (SSSR count). The molecule has 2 heterocycles. The predicted octanol–water partition coefficient (Wildman–Crippen LogP) is 1.31. The third-order valence-corrected chi connectivity index (χ3v) is 3.44. The van der Waals surface area contributed by atoms with E-state index in [0.717, 1.165) is 22.9 Å². The third kappa shape index (κ3) is 2.49. The van der Waals surface area contributed by atoms with Crippen LogP contribution in [-0.2, 0) is 4.74 Å². The molecule has 2 N–H and O–H groups in total. The molecule has 15 heavy (non-hydrogen) atoms. The molecule has 1 saturated heterocycles. The quantitative estimate of drug-likeness (QED) is 0.817. The van der Waals surface area contributed by atoms with Gasteiger partial charge < -0.3 is 15.4 Å². The number of amides is 1. The minimum absolute atomic E-state index is 0.00278. The van der Waals surface area contributed by atoms with Gasteiger partial charge in [0.2, 0.25) is 0 Å². The van der Waals surface area contributed by atoms with Crippen LogP contribution in [0.3, 0.4) is 0 Å². The molecule has 1 fully saturated rings. The molecule has 0 spiro atoms. The van der Waals surface area contributed by atoms with Gasteiger partial charge in [-0.25, -0.2) is 0 Å². The lowest BCUT2D eigenvalue weighted by Gasteiger charge is -2.08. The van der Waals surface area contributed by atoms with Crippen molar-refractivity contribution < 1.29 is 9.53 Å². The predicted molar refractivity (Wildman–Crippen MR) is 60.6 cm³/mol. The molecule has 0 radical (unpaired) electrons. The second-order valence-corrected chi connectivity index (χ2v) is 4.53. The van der Waals surface area contributed by atoms with Gasteiger partial charge in [-0.3, -0.25) is 4.79 Å². The molecule has 1 aromatic heterocycles. The molecule has 4 nitrogen and oxygen atoms in total. The van der Waals surface area contributed by atoms with Gasteiger partial charge in [0.05, 0.1) is 22.5 Å². The van der Waals surface area contributed by atoms with E-state index >= 15 is 0 Å². The van der Waals surface area contributed by atoms with Crippen molar-refractivity contribution in [3.63, 3.8) is 0 Å². The maximum atomic E-state index is 11.7. The Morgan fingerprint density at radius 2 is 2.47 bits per heavy atom. The van der Waals surface area contributed by atoms with Crippen molar-refractivity contribution in [2.45, 2.75) is 12.5 Å². The third-order valence-electron chi connectivity index (χ3n) is 2.34. The first kappa shape index (κ1) is 10.4. The molecule has 82 valence electrons. The Morgan fingerprint density at radius 3 is 3.07 bits per heavy atom. The molecule has 0 aromatic carbocycles. The molecule has 1 aliphatic heterocycles. The van der Waals surface area contributed by atoms with Gasteiger partial charge in [0.25, 0.3) is 5.91 Å². The van der Waals surface area contributed by atoms with Crippen LogP contribution in [0, 0.1) is 0 Å². The largest absolute Gasteiger partial charge is 0.380 e. The van der Waals surface area contributed by atoms with E-state index in [0.29, 0.717) is 6.61 Å². The first-order chi connectivity index (χ1) is 7.29. The Hall–Kier alpha value is -1.07. The summed E-state index contributed by atoms with van der Waals surface area (Å²) in [6.07, 6.45) is 0.913. The number of nitrogens with one attached hydrogen (secondary N) is 2. The van der Waals surface area contributed by atoms with Crippen LogP contribution in [0.4, 0.5) is 5.00 Å². The summed E-state index contributed by atoms with van der Waals surface area (Å²) in [6, 6.07) is 3.92. The summed E-state index contributed by atoms with van der Waals surface area (Å²) >= 11 is 1.46. The molecule has 5 heteroatoms. The molecular weight excluding hydrogens is 212 g/mol. The number of ether oxygens (including phenoxy) is 1. The van der Waals surface area contributed by atoms with Crippen molar-refractivity contribution in [1.29, 1.82) is 0 Å². The maximum absolute atomic E-state index is 11.7. The highest BCUT2D eigenvalue weighted by molar-refractivity contribution is 7.17. The normalized spacial score (nSPS) is 20.2. The molecule has 1 aromatic rings. The van der Waals surface area contributed by atoms with Crippen LogP contribution in [0.1, 0.15) is 16.1 Å². The summed E-state index contributed by atoms with van der Waals surface area (Å²) in [5.74, 6) is -0.00278. The van der Waals surface area contributed by atoms with Crippen LogP contribution < -0.4 is 10.6 Å². The number of carbonyl (C=O) groups excluding carboxylic acids is 1. The summed E-state index contributed by atoms with van der Waals surface area (Å²) in [5.41, 5.74) is 0. The Labute approximate surface area is 92.6 Å². The van der Waals surface area contributed by atoms with Gasteiger partial charge in [-0.1, -0.05) is 0 Å². The number of rotatable bonds is 3. The summed E-state index contributed by atoms with van der Waals surface area (Å²) < 4.78 is 5.20. The minimum Gasteiger partial charge on any atom is -0.380 e. The Bertz CT molecular complexity index is 345. The van der Waals surface area contributed by atoms with Crippen molar-refractivity contribution in [2.24, 2.45) is 0 Å². The second kappa shape index (κ2) is 4.63. The first-order valence-electron chi connectivity index (χ1n) is 4.96. The van der Waals surface area contributed by atoms with E-state index < -0.39 is 0 Å². The SMILES string of the molecule is CNc1ccc(C(=O)NC2CCOC2)s1. The fraction of sp³-hybridized carbons (Fsp3) is 0.500. The smallest absolute Gasteiger partial charge is 0.261 e. The molecule has 0 saturated carbocycles. The van der Waals surface area contributed by atoms with E-state index in [1.165, 1.54) is 11.3 Å². The van der Waals surface area contributed by atoms with Gasteiger partial charge >= 0.3 is 0 Å². The topological polar surface area (TPSA) is 50.4 Å². The molecule has 0 aliphatic carbocycles. The van der Waals surface area contributed by atoms with E-state index in [2.05, 4.69) is 10.6 Å². The fourth-order valence-corrected chi connectivity index (χ4v) is 2.26. The van der Waals surface area contributed by atoms with Crippen LogP contribution in [0.5, 0.6) is 0 Å². The molecule has 0 bridgehead atoms. The molecular formula is C10H14N2O2S. The van der Waals surface area contributed by atoms with Crippen molar-refractivity contribution in [1.82, 2.24) is 5.32 Å². The summed E-state index contributed by atoms with van der Waals surface area (Å²) in [6.45, 7) is 1.38. The van der Waals surface area contributed by atoms with Gasteiger partial charge in [0.15, 0.2) is 0 Å². The fourth-order valence-electron chi connectivity index (χ4n) is 1.50. The zero-order valence-electron chi connectivity index (χ0n) is 8.58. The maximum Gasteiger partial charge on any atom is 0.261 e. The summed E-state index contributed by atoms with van der Waals surface area (Å²) in [4.78, 5) is 12.5. The van der Waals surface area contributed by atoms with Crippen LogP contribution in [-0.4, -0.2) is 32.2 Å². The number of carbonyl (C=O) groups is 1. The zero-order valence-corrected chi connectivity index (χ0v) is 9.39. The number of hydrogen-bond acceptors (Lipinski definition) is 4. The van der Waals surface area contributed by atoms with E-state index in [1.54, 1.807) is 0 Å². The lowest BCUT2D eigenvalue weighted by molar-refractivity contribution is 0.0934. The standard InChI is InChI=1S/C10H14N2O2S/c1-11-9-3-2-8(15-9)10(13)12-7-4-5-14-6-7/h2-3,7,11H,4-6H2,1H3,(H,12,13). The summed E-state index contributed by atoms with van der Waals surface area (Å²) in [5, 5.41) is 6.96.